The van der Waals surface area contributed by atoms with Crippen LogP contribution in [0.1, 0.15) is 26.3 Å². The second kappa shape index (κ2) is 2.99. The molecule has 0 fully saturated rings. The zero-order chi connectivity index (χ0) is 11.2. The maximum absolute atomic E-state index is 5.82. The minimum atomic E-state index is 0.0975. The normalized spacial score (nSPS) is 12.3. The Morgan fingerprint density at radius 1 is 1.27 bits per heavy atom. The van der Waals surface area contributed by atoms with Gasteiger partial charge < -0.3 is 10.3 Å². The van der Waals surface area contributed by atoms with E-state index in [1.807, 2.05) is 17.7 Å². The van der Waals surface area contributed by atoms with Gasteiger partial charge >= 0.3 is 0 Å². The van der Waals surface area contributed by atoms with Gasteiger partial charge in [-0.2, -0.15) is 0 Å². The van der Waals surface area contributed by atoms with Crippen LogP contribution < -0.4 is 5.73 Å². The van der Waals surface area contributed by atoms with E-state index in [1.165, 1.54) is 5.56 Å². The minimum Gasteiger partial charge on any atom is -0.369 e. The molecule has 3 heteroatoms. The van der Waals surface area contributed by atoms with Crippen LogP contribution in [-0.4, -0.2) is 9.55 Å². The lowest BCUT2D eigenvalue weighted by atomic mass is 9.86. The summed E-state index contributed by atoms with van der Waals surface area (Å²) in [5, 5.41) is 0. The standard InChI is InChI=1S/C12H17N3/c1-12(2,3)8-6-5-7-9-10(8)14-11(13)15(9)4/h5-7H,1-4H3,(H2,13,14). The van der Waals surface area contributed by atoms with Crippen LogP contribution in [0.2, 0.25) is 0 Å². The molecule has 0 bridgehead atoms. The van der Waals surface area contributed by atoms with Gasteiger partial charge in [-0.1, -0.05) is 32.9 Å². The Morgan fingerprint density at radius 2 is 1.93 bits per heavy atom. The average molecular weight is 203 g/mol. The molecule has 0 aliphatic heterocycles. The third-order valence-electron chi connectivity index (χ3n) is 2.75. The molecule has 0 spiro atoms. The van der Waals surface area contributed by atoms with Crippen LogP contribution in [0, 0.1) is 0 Å². The van der Waals surface area contributed by atoms with Gasteiger partial charge in [-0.3, -0.25) is 0 Å². The third-order valence-corrected chi connectivity index (χ3v) is 2.75. The Balaban J connectivity index is 2.83. The number of hydrogen-bond acceptors (Lipinski definition) is 2. The molecule has 0 aliphatic rings. The van der Waals surface area contributed by atoms with Crippen LogP contribution in [0.3, 0.4) is 0 Å². The second-order valence-corrected chi connectivity index (χ2v) is 4.95. The number of hydrogen-bond donors (Lipinski definition) is 1. The number of nitrogens with zero attached hydrogens (tertiary/aromatic N) is 2. The smallest absolute Gasteiger partial charge is 0.200 e. The summed E-state index contributed by atoms with van der Waals surface area (Å²) >= 11 is 0. The Bertz CT molecular complexity index is 503. The van der Waals surface area contributed by atoms with Gasteiger partial charge in [-0.25, -0.2) is 4.98 Å². The predicted octanol–water partition coefficient (Wildman–Crippen LogP) is 2.45. The van der Waals surface area contributed by atoms with E-state index < -0.39 is 0 Å². The second-order valence-electron chi connectivity index (χ2n) is 4.95. The molecule has 0 saturated carbocycles. The molecule has 2 rings (SSSR count). The quantitative estimate of drug-likeness (QED) is 0.714. The van der Waals surface area contributed by atoms with Crippen LogP contribution >= 0.6 is 0 Å². The van der Waals surface area contributed by atoms with E-state index in [9.17, 15) is 0 Å². The first-order valence-electron chi connectivity index (χ1n) is 5.12. The number of imidazole rings is 1. The highest BCUT2D eigenvalue weighted by Gasteiger charge is 2.19. The van der Waals surface area contributed by atoms with Gasteiger partial charge in [0.05, 0.1) is 11.0 Å². The molecule has 1 aromatic carbocycles. The van der Waals surface area contributed by atoms with Crippen molar-refractivity contribution in [3.05, 3.63) is 23.8 Å². The number of benzene rings is 1. The van der Waals surface area contributed by atoms with E-state index in [-0.39, 0.29) is 5.41 Å². The van der Waals surface area contributed by atoms with E-state index >= 15 is 0 Å². The van der Waals surface area contributed by atoms with Gasteiger partial charge in [0.15, 0.2) is 0 Å². The number of fused-ring (bicyclic) bond motifs is 1. The lowest BCUT2D eigenvalue weighted by molar-refractivity contribution is 0.595. The zero-order valence-electron chi connectivity index (χ0n) is 9.70. The van der Waals surface area contributed by atoms with Gasteiger partial charge in [0.2, 0.25) is 5.95 Å². The van der Waals surface area contributed by atoms with Crippen LogP contribution in [0.4, 0.5) is 5.95 Å². The Hall–Kier alpha value is -1.51. The molecule has 0 aliphatic carbocycles. The first kappa shape index (κ1) is 10.0. The van der Waals surface area contributed by atoms with Crippen molar-refractivity contribution in [2.24, 2.45) is 7.05 Å². The van der Waals surface area contributed by atoms with Crippen LogP contribution in [0.15, 0.2) is 18.2 Å². The van der Waals surface area contributed by atoms with Crippen molar-refractivity contribution >= 4 is 17.0 Å². The molecule has 3 nitrogen and oxygen atoms in total. The Morgan fingerprint density at radius 3 is 2.53 bits per heavy atom. The third kappa shape index (κ3) is 1.48. The molecule has 2 aromatic rings. The molecule has 0 saturated heterocycles. The lowest BCUT2D eigenvalue weighted by Gasteiger charge is -2.19. The van der Waals surface area contributed by atoms with Crippen molar-refractivity contribution in [1.29, 1.82) is 0 Å². The van der Waals surface area contributed by atoms with Gasteiger partial charge in [0.1, 0.15) is 0 Å². The van der Waals surface area contributed by atoms with Gasteiger partial charge in [0, 0.05) is 7.05 Å². The van der Waals surface area contributed by atoms with E-state index in [1.54, 1.807) is 0 Å². The predicted molar refractivity (Wildman–Crippen MR) is 63.8 cm³/mol. The maximum atomic E-state index is 5.82. The van der Waals surface area contributed by atoms with Crippen molar-refractivity contribution in [3.63, 3.8) is 0 Å². The van der Waals surface area contributed by atoms with Crippen molar-refractivity contribution in [1.82, 2.24) is 9.55 Å². The molecule has 1 heterocycles. The summed E-state index contributed by atoms with van der Waals surface area (Å²) in [6.45, 7) is 6.56. The van der Waals surface area contributed by atoms with Crippen molar-refractivity contribution in [3.8, 4) is 0 Å². The molecule has 0 amide bonds. The van der Waals surface area contributed by atoms with Crippen molar-refractivity contribution in [2.45, 2.75) is 26.2 Å². The number of anilines is 1. The fourth-order valence-corrected chi connectivity index (χ4v) is 1.84. The molecule has 1 aromatic heterocycles. The fourth-order valence-electron chi connectivity index (χ4n) is 1.84. The van der Waals surface area contributed by atoms with E-state index in [0.717, 1.165) is 11.0 Å². The minimum absolute atomic E-state index is 0.0975. The first-order valence-corrected chi connectivity index (χ1v) is 5.12. The molecular formula is C12H17N3. The summed E-state index contributed by atoms with van der Waals surface area (Å²) in [7, 11) is 1.94. The van der Waals surface area contributed by atoms with E-state index in [4.69, 9.17) is 5.73 Å². The topological polar surface area (TPSA) is 43.8 Å². The monoisotopic (exact) mass is 203 g/mol. The number of aromatic nitrogens is 2. The number of nitrogens with two attached hydrogens (primary N) is 1. The van der Waals surface area contributed by atoms with Crippen molar-refractivity contribution < 1.29 is 0 Å². The highest BCUT2D eigenvalue weighted by molar-refractivity contribution is 5.82. The molecule has 0 radical (unpaired) electrons. The van der Waals surface area contributed by atoms with Gasteiger partial charge in [-0.05, 0) is 17.0 Å². The molecule has 0 atom stereocenters. The summed E-state index contributed by atoms with van der Waals surface area (Å²) in [5.74, 6) is 0.571. The molecule has 2 N–H and O–H groups in total. The molecule has 15 heavy (non-hydrogen) atoms. The van der Waals surface area contributed by atoms with E-state index in [0.29, 0.717) is 5.95 Å². The number of para-hydroxylation sites is 1. The fraction of sp³-hybridized carbons (Fsp3) is 0.417. The van der Waals surface area contributed by atoms with Gasteiger partial charge in [0.25, 0.3) is 0 Å². The summed E-state index contributed by atoms with van der Waals surface area (Å²) in [5.41, 5.74) is 9.27. The largest absolute Gasteiger partial charge is 0.369 e. The van der Waals surface area contributed by atoms with Crippen LogP contribution in [-0.2, 0) is 12.5 Å². The van der Waals surface area contributed by atoms with Gasteiger partial charge in [-0.15, -0.1) is 0 Å². The Labute approximate surface area is 89.9 Å². The summed E-state index contributed by atoms with van der Waals surface area (Å²) in [6, 6.07) is 6.23. The summed E-state index contributed by atoms with van der Waals surface area (Å²) in [4.78, 5) is 4.42. The maximum Gasteiger partial charge on any atom is 0.200 e. The SMILES string of the molecule is Cn1c(N)nc2c(C(C)(C)C)cccc21. The highest BCUT2D eigenvalue weighted by atomic mass is 15.1. The lowest BCUT2D eigenvalue weighted by Crippen LogP contribution is -2.11. The number of nitrogen functional groups attached to an aromatic ring is 1. The van der Waals surface area contributed by atoms with Crippen molar-refractivity contribution in [2.75, 3.05) is 5.73 Å². The zero-order valence-corrected chi connectivity index (χ0v) is 9.70. The first-order chi connectivity index (χ1) is 6.91. The molecule has 80 valence electrons. The van der Waals surface area contributed by atoms with Crippen LogP contribution in [0.25, 0.3) is 11.0 Å². The molecule has 0 unspecified atom stereocenters. The van der Waals surface area contributed by atoms with E-state index in [2.05, 4.69) is 37.9 Å². The number of aryl methyl sites for hydroxylation is 1. The highest BCUT2D eigenvalue weighted by Crippen LogP contribution is 2.29. The molecular weight excluding hydrogens is 186 g/mol. The Kier molecular flexibility index (Phi) is 2.00. The average Bonchev–Trinajstić information content (AvgIpc) is 2.41. The number of rotatable bonds is 0. The summed E-state index contributed by atoms with van der Waals surface area (Å²) in [6.07, 6.45) is 0. The summed E-state index contributed by atoms with van der Waals surface area (Å²) < 4.78 is 1.92. The van der Waals surface area contributed by atoms with Crippen LogP contribution in [0.5, 0.6) is 0 Å².